The average molecular weight is 269 g/mol. The first-order valence-corrected chi connectivity index (χ1v) is 6.95. The number of hydrogen-bond donors (Lipinski definition) is 1. The summed E-state index contributed by atoms with van der Waals surface area (Å²) in [7, 11) is 0. The number of aromatic nitrogens is 1. The van der Waals surface area contributed by atoms with Crippen molar-refractivity contribution in [3.8, 4) is 0 Å². The maximum atomic E-state index is 12.4. The molecule has 3 rings (SSSR count). The second-order valence-electron chi connectivity index (χ2n) is 5.77. The van der Waals surface area contributed by atoms with E-state index in [-0.39, 0.29) is 5.91 Å². The van der Waals surface area contributed by atoms with Gasteiger partial charge in [-0.05, 0) is 31.5 Å². The summed E-state index contributed by atoms with van der Waals surface area (Å²) in [5.41, 5.74) is 1.66. The first-order chi connectivity index (χ1) is 9.58. The third kappa shape index (κ3) is 2.27. The zero-order valence-electron chi connectivity index (χ0n) is 11.9. The molecule has 1 N–H and O–H groups in total. The summed E-state index contributed by atoms with van der Waals surface area (Å²) in [6.45, 7) is 6.10. The van der Waals surface area contributed by atoms with Gasteiger partial charge in [-0.2, -0.15) is 0 Å². The fourth-order valence-electron chi connectivity index (χ4n) is 2.73. The topological polar surface area (TPSA) is 45.2 Å². The highest BCUT2D eigenvalue weighted by molar-refractivity contribution is 5.87. The molecular weight excluding hydrogens is 250 g/mol. The number of rotatable bonds is 2. The fourth-order valence-corrected chi connectivity index (χ4v) is 2.73. The van der Waals surface area contributed by atoms with Gasteiger partial charge in [0.1, 0.15) is 0 Å². The Balaban J connectivity index is 1.92. The summed E-state index contributed by atoms with van der Waals surface area (Å²) in [6.07, 6.45) is 1.81. The lowest BCUT2D eigenvalue weighted by atomic mass is 10.00. The van der Waals surface area contributed by atoms with E-state index in [2.05, 4.69) is 16.4 Å². The van der Waals surface area contributed by atoms with Gasteiger partial charge in [-0.15, -0.1) is 0 Å². The first-order valence-electron chi connectivity index (χ1n) is 6.95. The summed E-state index contributed by atoms with van der Waals surface area (Å²) < 4.78 is 0. The van der Waals surface area contributed by atoms with Crippen molar-refractivity contribution in [3.05, 3.63) is 42.1 Å². The molecule has 0 radical (unpaired) electrons. The molecule has 104 valence electrons. The molecule has 1 fully saturated rings. The molecule has 4 nitrogen and oxygen atoms in total. The number of fused-ring (bicyclic) bond motifs is 1. The van der Waals surface area contributed by atoms with Crippen molar-refractivity contribution in [3.63, 3.8) is 0 Å². The lowest BCUT2D eigenvalue weighted by Gasteiger charge is -2.38. The quantitative estimate of drug-likeness (QED) is 0.906. The van der Waals surface area contributed by atoms with E-state index < -0.39 is 5.54 Å². The molecule has 0 atom stereocenters. The Labute approximate surface area is 118 Å². The van der Waals surface area contributed by atoms with Gasteiger partial charge in [0.25, 0.3) is 0 Å². The van der Waals surface area contributed by atoms with Gasteiger partial charge in [0.05, 0.1) is 11.1 Å². The molecule has 1 aromatic heterocycles. The van der Waals surface area contributed by atoms with Gasteiger partial charge in [0, 0.05) is 31.2 Å². The molecule has 1 aromatic carbocycles. The molecule has 4 heteroatoms. The Morgan fingerprint density at radius 3 is 2.95 bits per heavy atom. The van der Waals surface area contributed by atoms with Gasteiger partial charge in [-0.3, -0.25) is 9.78 Å². The number of para-hydroxylation sites is 1. The van der Waals surface area contributed by atoms with Gasteiger partial charge < -0.3 is 10.2 Å². The zero-order chi connectivity index (χ0) is 14.2. The predicted molar refractivity (Wildman–Crippen MR) is 79.2 cm³/mol. The van der Waals surface area contributed by atoms with Crippen LogP contribution in [0.5, 0.6) is 0 Å². The van der Waals surface area contributed by atoms with Crippen LogP contribution < -0.4 is 5.32 Å². The molecule has 1 aliphatic rings. The average Bonchev–Trinajstić information content (AvgIpc) is 2.44. The van der Waals surface area contributed by atoms with Gasteiger partial charge in [0.15, 0.2) is 0 Å². The number of piperazine rings is 1. The number of amides is 1. The Morgan fingerprint density at radius 1 is 1.30 bits per heavy atom. The summed E-state index contributed by atoms with van der Waals surface area (Å²) >= 11 is 0. The van der Waals surface area contributed by atoms with E-state index >= 15 is 0 Å². The second-order valence-corrected chi connectivity index (χ2v) is 5.77. The van der Waals surface area contributed by atoms with Crippen molar-refractivity contribution < 1.29 is 4.79 Å². The second kappa shape index (κ2) is 4.87. The standard InChI is InChI=1S/C16H19N3O/c1-16(2)15(20)19(10-9-18-16)11-12-7-8-17-14-6-4-3-5-13(12)14/h3-8,18H,9-11H2,1-2H3. The zero-order valence-corrected chi connectivity index (χ0v) is 11.9. The van der Waals surface area contributed by atoms with Crippen LogP contribution in [0.4, 0.5) is 0 Å². The Kier molecular flexibility index (Phi) is 3.18. The van der Waals surface area contributed by atoms with Crippen LogP contribution in [0.1, 0.15) is 19.4 Å². The van der Waals surface area contributed by atoms with E-state index in [1.807, 2.05) is 49.2 Å². The molecule has 0 aliphatic carbocycles. The number of carbonyl (C=O) groups excluding carboxylic acids is 1. The molecule has 1 aliphatic heterocycles. The predicted octanol–water partition coefficient (Wildman–Crippen LogP) is 1.95. The van der Waals surface area contributed by atoms with Crippen LogP contribution >= 0.6 is 0 Å². The van der Waals surface area contributed by atoms with E-state index in [1.165, 1.54) is 0 Å². The summed E-state index contributed by atoms with van der Waals surface area (Å²) in [6, 6.07) is 10.1. The third-order valence-electron chi connectivity index (χ3n) is 3.87. The Morgan fingerprint density at radius 2 is 2.10 bits per heavy atom. The minimum Gasteiger partial charge on any atom is -0.335 e. The van der Waals surface area contributed by atoms with Gasteiger partial charge in [-0.25, -0.2) is 0 Å². The molecule has 1 saturated heterocycles. The lowest BCUT2D eigenvalue weighted by Crippen LogP contribution is -2.60. The smallest absolute Gasteiger partial charge is 0.242 e. The first kappa shape index (κ1) is 13.1. The summed E-state index contributed by atoms with van der Waals surface area (Å²) in [4.78, 5) is 18.7. The number of carbonyl (C=O) groups is 1. The van der Waals surface area contributed by atoms with Crippen LogP contribution in [-0.4, -0.2) is 34.4 Å². The van der Waals surface area contributed by atoms with Gasteiger partial charge in [-0.1, -0.05) is 18.2 Å². The minimum absolute atomic E-state index is 0.157. The molecule has 0 bridgehead atoms. The van der Waals surface area contributed by atoms with E-state index in [4.69, 9.17) is 0 Å². The summed E-state index contributed by atoms with van der Waals surface area (Å²) in [5, 5.41) is 4.38. The largest absolute Gasteiger partial charge is 0.335 e. The highest BCUT2D eigenvalue weighted by atomic mass is 16.2. The monoisotopic (exact) mass is 269 g/mol. The number of hydrogen-bond acceptors (Lipinski definition) is 3. The van der Waals surface area contributed by atoms with Crippen molar-refractivity contribution in [2.24, 2.45) is 0 Å². The summed E-state index contributed by atoms with van der Waals surface area (Å²) in [5.74, 6) is 0.157. The number of benzene rings is 1. The lowest BCUT2D eigenvalue weighted by molar-refractivity contribution is -0.140. The fraction of sp³-hybridized carbons (Fsp3) is 0.375. The van der Waals surface area contributed by atoms with Crippen molar-refractivity contribution in [1.82, 2.24) is 15.2 Å². The van der Waals surface area contributed by atoms with Crippen LogP contribution in [0, 0.1) is 0 Å². The molecule has 0 spiro atoms. The minimum atomic E-state index is -0.471. The number of pyridine rings is 1. The van der Waals surface area contributed by atoms with E-state index in [9.17, 15) is 4.79 Å². The molecular formula is C16H19N3O. The Bertz CT molecular complexity index is 646. The maximum absolute atomic E-state index is 12.4. The normalized spacial score (nSPS) is 18.5. The molecule has 2 heterocycles. The Hall–Kier alpha value is -1.94. The van der Waals surface area contributed by atoms with Crippen molar-refractivity contribution >= 4 is 16.8 Å². The van der Waals surface area contributed by atoms with Crippen molar-refractivity contribution in [1.29, 1.82) is 0 Å². The van der Waals surface area contributed by atoms with E-state index in [0.29, 0.717) is 6.54 Å². The molecule has 0 unspecified atom stereocenters. The van der Waals surface area contributed by atoms with E-state index in [0.717, 1.165) is 29.6 Å². The number of nitrogens with zero attached hydrogens (tertiary/aromatic N) is 2. The van der Waals surface area contributed by atoms with Crippen LogP contribution in [0.15, 0.2) is 36.5 Å². The SMILES string of the molecule is CC1(C)NCCN(Cc2ccnc3ccccc23)C1=O. The molecule has 0 saturated carbocycles. The van der Waals surface area contributed by atoms with Crippen LogP contribution in [0.3, 0.4) is 0 Å². The van der Waals surface area contributed by atoms with Gasteiger partial charge in [0.2, 0.25) is 5.91 Å². The molecule has 1 amide bonds. The van der Waals surface area contributed by atoms with Crippen LogP contribution in [0.25, 0.3) is 10.9 Å². The highest BCUT2D eigenvalue weighted by Crippen LogP contribution is 2.20. The number of nitrogens with one attached hydrogen (secondary N) is 1. The molecule has 20 heavy (non-hydrogen) atoms. The van der Waals surface area contributed by atoms with Crippen molar-refractivity contribution in [2.75, 3.05) is 13.1 Å². The van der Waals surface area contributed by atoms with Crippen LogP contribution in [-0.2, 0) is 11.3 Å². The molecule has 2 aromatic rings. The highest BCUT2D eigenvalue weighted by Gasteiger charge is 2.35. The van der Waals surface area contributed by atoms with Crippen molar-refractivity contribution in [2.45, 2.75) is 25.9 Å². The maximum Gasteiger partial charge on any atom is 0.242 e. The van der Waals surface area contributed by atoms with E-state index in [1.54, 1.807) is 0 Å². The van der Waals surface area contributed by atoms with Gasteiger partial charge >= 0.3 is 0 Å². The third-order valence-corrected chi connectivity index (χ3v) is 3.87. The van der Waals surface area contributed by atoms with Crippen LogP contribution in [0.2, 0.25) is 0 Å².